The first-order valence-electron chi connectivity index (χ1n) is 5.83. The van der Waals surface area contributed by atoms with Gasteiger partial charge < -0.3 is 5.32 Å². The van der Waals surface area contributed by atoms with Gasteiger partial charge in [0.15, 0.2) is 11.6 Å². The minimum atomic E-state index is -0.777. The second kappa shape index (κ2) is 4.91. The Morgan fingerprint density at radius 3 is 2.62 bits per heavy atom. The Morgan fingerprint density at radius 1 is 1.31 bits per heavy atom. The SMILES string of the molecule is CNC(CCC1CC1)c1ccc(F)c(F)c1. The standard InChI is InChI=1S/C13H17F2N/c1-16-13(7-4-9-2-3-9)10-5-6-11(14)12(15)8-10/h5-6,8-9,13,16H,2-4,7H2,1H3. The number of rotatable bonds is 5. The van der Waals surface area contributed by atoms with Crippen molar-refractivity contribution in [1.29, 1.82) is 0 Å². The van der Waals surface area contributed by atoms with Crippen LogP contribution in [0.4, 0.5) is 8.78 Å². The molecule has 1 aliphatic carbocycles. The zero-order chi connectivity index (χ0) is 11.5. The van der Waals surface area contributed by atoms with Gasteiger partial charge in [0, 0.05) is 6.04 Å². The topological polar surface area (TPSA) is 12.0 Å². The number of hydrogen-bond acceptors (Lipinski definition) is 1. The van der Waals surface area contributed by atoms with Gasteiger partial charge >= 0.3 is 0 Å². The van der Waals surface area contributed by atoms with Crippen LogP contribution < -0.4 is 5.32 Å². The Hall–Kier alpha value is -0.960. The van der Waals surface area contributed by atoms with Crippen LogP contribution >= 0.6 is 0 Å². The van der Waals surface area contributed by atoms with Crippen molar-refractivity contribution in [2.45, 2.75) is 31.7 Å². The van der Waals surface area contributed by atoms with Crippen molar-refractivity contribution < 1.29 is 8.78 Å². The lowest BCUT2D eigenvalue weighted by atomic mass is 10.0. The predicted octanol–water partition coefficient (Wildman–Crippen LogP) is 3.42. The van der Waals surface area contributed by atoms with Crippen molar-refractivity contribution in [1.82, 2.24) is 5.32 Å². The molecular weight excluding hydrogens is 208 g/mol. The normalized spacial score (nSPS) is 17.4. The molecule has 1 aromatic rings. The zero-order valence-electron chi connectivity index (χ0n) is 9.47. The van der Waals surface area contributed by atoms with Crippen molar-refractivity contribution >= 4 is 0 Å². The lowest BCUT2D eigenvalue weighted by molar-refractivity contribution is 0.485. The van der Waals surface area contributed by atoms with Crippen molar-refractivity contribution in [2.24, 2.45) is 5.92 Å². The first kappa shape index (κ1) is 11.5. The lowest BCUT2D eigenvalue weighted by Crippen LogP contribution is -2.16. The molecule has 1 nitrogen and oxygen atoms in total. The molecule has 1 N–H and O–H groups in total. The summed E-state index contributed by atoms with van der Waals surface area (Å²) in [5.41, 5.74) is 0.835. The largest absolute Gasteiger partial charge is 0.313 e. The molecule has 0 radical (unpaired) electrons. The molecule has 0 bridgehead atoms. The van der Waals surface area contributed by atoms with E-state index in [1.807, 2.05) is 7.05 Å². The van der Waals surface area contributed by atoms with Crippen LogP contribution in [0.15, 0.2) is 18.2 Å². The highest BCUT2D eigenvalue weighted by molar-refractivity contribution is 5.21. The molecule has 1 atom stereocenters. The molecule has 1 fully saturated rings. The van der Waals surface area contributed by atoms with Gasteiger partial charge in [-0.25, -0.2) is 8.78 Å². The van der Waals surface area contributed by atoms with E-state index in [1.165, 1.54) is 31.4 Å². The van der Waals surface area contributed by atoms with Crippen LogP contribution in [0.3, 0.4) is 0 Å². The molecule has 2 rings (SSSR count). The van der Waals surface area contributed by atoms with Gasteiger partial charge in [0.25, 0.3) is 0 Å². The third-order valence-corrected chi connectivity index (χ3v) is 3.26. The molecule has 0 heterocycles. The quantitative estimate of drug-likeness (QED) is 0.809. The maximum atomic E-state index is 13.1. The maximum absolute atomic E-state index is 13.1. The molecular formula is C13H17F2N. The third kappa shape index (κ3) is 2.79. The summed E-state index contributed by atoms with van der Waals surface area (Å²) in [7, 11) is 1.86. The van der Waals surface area contributed by atoms with Crippen LogP contribution in [0.5, 0.6) is 0 Å². The second-order valence-corrected chi connectivity index (χ2v) is 4.54. The lowest BCUT2D eigenvalue weighted by Gasteiger charge is -2.16. The number of nitrogens with one attached hydrogen (secondary N) is 1. The van der Waals surface area contributed by atoms with Gasteiger partial charge in [0.1, 0.15) is 0 Å². The predicted molar refractivity (Wildman–Crippen MR) is 60.1 cm³/mol. The fourth-order valence-corrected chi connectivity index (χ4v) is 2.02. The average molecular weight is 225 g/mol. The molecule has 0 amide bonds. The monoisotopic (exact) mass is 225 g/mol. The van der Waals surface area contributed by atoms with E-state index < -0.39 is 11.6 Å². The highest BCUT2D eigenvalue weighted by Gasteiger charge is 2.22. The van der Waals surface area contributed by atoms with E-state index >= 15 is 0 Å². The van der Waals surface area contributed by atoms with Crippen LogP contribution in [0.1, 0.15) is 37.3 Å². The minimum absolute atomic E-state index is 0.135. The maximum Gasteiger partial charge on any atom is 0.159 e. The Bertz CT molecular complexity index is 361. The summed E-state index contributed by atoms with van der Waals surface area (Å²) in [4.78, 5) is 0. The van der Waals surface area contributed by atoms with Crippen molar-refractivity contribution in [2.75, 3.05) is 7.05 Å². The molecule has 0 saturated heterocycles. The second-order valence-electron chi connectivity index (χ2n) is 4.54. The van der Waals surface area contributed by atoms with E-state index in [0.29, 0.717) is 0 Å². The van der Waals surface area contributed by atoms with Gasteiger partial charge in [0.2, 0.25) is 0 Å². The fourth-order valence-electron chi connectivity index (χ4n) is 2.02. The molecule has 1 saturated carbocycles. The Kier molecular flexibility index (Phi) is 3.54. The third-order valence-electron chi connectivity index (χ3n) is 3.26. The molecule has 0 aromatic heterocycles. The van der Waals surface area contributed by atoms with Gasteiger partial charge in [-0.2, -0.15) is 0 Å². The molecule has 16 heavy (non-hydrogen) atoms. The van der Waals surface area contributed by atoms with E-state index in [9.17, 15) is 8.78 Å². The fraction of sp³-hybridized carbons (Fsp3) is 0.538. The van der Waals surface area contributed by atoms with Crippen LogP contribution in [0, 0.1) is 17.6 Å². The van der Waals surface area contributed by atoms with Crippen molar-refractivity contribution in [3.8, 4) is 0 Å². The number of benzene rings is 1. The Balaban J connectivity index is 2.02. The van der Waals surface area contributed by atoms with Gasteiger partial charge in [0.05, 0.1) is 0 Å². The first-order chi connectivity index (χ1) is 7.70. The van der Waals surface area contributed by atoms with E-state index in [4.69, 9.17) is 0 Å². The summed E-state index contributed by atoms with van der Waals surface area (Å²) in [6.45, 7) is 0. The molecule has 0 aliphatic heterocycles. The highest BCUT2D eigenvalue weighted by Crippen LogP contribution is 2.35. The molecule has 88 valence electrons. The van der Waals surface area contributed by atoms with Gasteiger partial charge in [-0.3, -0.25) is 0 Å². The molecule has 0 spiro atoms. The van der Waals surface area contributed by atoms with Gasteiger partial charge in [-0.05, 0) is 43.5 Å². The van der Waals surface area contributed by atoms with Crippen LogP contribution in [-0.4, -0.2) is 7.05 Å². The Labute approximate surface area is 94.9 Å². The summed E-state index contributed by atoms with van der Waals surface area (Å²) >= 11 is 0. The molecule has 3 heteroatoms. The van der Waals surface area contributed by atoms with Crippen LogP contribution in [-0.2, 0) is 0 Å². The first-order valence-corrected chi connectivity index (χ1v) is 5.83. The zero-order valence-corrected chi connectivity index (χ0v) is 9.47. The smallest absolute Gasteiger partial charge is 0.159 e. The van der Waals surface area contributed by atoms with Gasteiger partial charge in [-0.15, -0.1) is 0 Å². The Morgan fingerprint density at radius 2 is 2.06 bits per heavy atom. The average Bonchev–Trinajstić information content (AvgIpc) is 3.08. The molecule has 1 unspecified atom stereocenters. The van der Waals surface area contributed by atoms with E-state index in [0.717, 1.165) is 17.9 Å². The highest BCUT2D eigenvalue weighted by atomic mass is 19.2. The van der Waals surface area contributed by atoms with Crippen LogP contribution in [0.25, 0.3) is 0 Å². The summed E-state index contributed by atoms with van der Waals surface area (Å²) in [5, 5.41) is 3.16. The van der Waals surface area contributed by atoms with E-state index in [2.05, 4.69) is 5.32 Å². The van der Waals surface area contributed by atoms with Gasteiger partial charge in [-0.1, -0.05) is 18.9 Å². The van der Waals surface area contributed by atoms with Crippen molar-refractivity contribution in [3.63, 3.8) is 0 Å². The van der Waals surface area contributed by atoms with E-state index in [-0.39, 0.29) is 6.04 Å². The number of halogens is 2. The molecule has 1 aromatic carbocycles. The van der Waals surface area contributed by atoms with E-state index in [1.54, 1.807) is 6.07 Å². The summed E-state index contributed by atoms with van der Waals surface area (Å²) in [6.07, 6.45) is 4.82. The summed E-state index contributed by atoms with van der Waals surface area (Å²) < 4.78 is 25.9. The minimum Gasteiger partial charge on any atom is -0.313 e. The molecule has 1 aliphatic rings. The van der Waals surface area contributed by atoms with Crippen LogP contribution in [0.2, 0.25) is 0 Å². The number of hydrogen-bond donors (Lipinski definition) is 1. The van der Waals surface area contributed by atoms with Crippen molar-refractivity contribution in [3.05, 3.63) is 35.4 Å². The summed E-state index contributed by atoms with van der Waals surface area (Å²) in [5.74, 6) is -0.675. The summed E-state index contributed by atoms with van der Waals surface area (Å²) in [6, 6.07) is 4.29.